The normalized spacial score (nSPS) is 11.1. The number of carbonyl (C=O) groups excluding carboxylic acids is 1. The number of hydrogen-bond acceptors (Lipinski definition) is 6. The Bertz CT molecular complexity index is 919. The van der Waals surface area contributed by atoms with E-state index in [4.69, 9.17) is 10.5 Å². The number of ether oxygens (including phenoxy) is 1. The molecule has 0 aliphatic rings. The van der Waals surface area contributed by atoms with Crippen molar-refractivity contribution in [2.45, 2.75) is 19.8 Å². The first-order valence-electron chi connectivity index (χ1n) is 8.34. The number of amides is 1. The van der Waals surface area contributed by atoms with E-state index in [1.807, 2.05) is 42.5 Å². The van der Waals surface area contributed by atoms with Crippen molar-refractivity contribution < 1.29 is 9.53 Å². The highest BCUT2D eigenvalue weighted by Gasteiger charge is 2.06. The van der Waals surface area contributed by atoms with Crippen LogP contribution < -0.4 is 15.9 Å². The molecule has 3 rings (SSSR count). The molecule has 0 fully saturated rings. The zero-order valence-electron chi connectivity index (χ0n) is 14.4. The summed E-state index contributed by atoms with van der Waals surface area (Å²) in [4.78, 5) is 16.2. The molecule has 26 heavy (non-hydrogen) atoms. The number of nitrogens with one attached hydrogen (secondary N) is 1. The molecule has 1 heterocycles. The molecule has 7 heteroatoms. The molecular formula is C19H20N4O2S. The highest BCUT2D eigenvalue weighted by molar-refractivity contribution is 7.22. The molecule has 6 nitrogen and oxygen atoms in total. The molecule has 0 atom stereocenters. The molecule has 3 N–H and O–H groups in total. The smallest absolute Gasteiger partial charge is 0.244 e. The summed E-state index contributed by atoms with van der Waals surface area (Å²) in [5.74, 6) is 0.646. The number of anilines is 1. The molecule has 0 aliphatic carbocycles. The number of nitrogens with zero attached hydrogens (tertiary/aromatic N) is 2. The van der Waals surface area contributed by atoms with Gasteiger partial charge in [-0.2, -0.15) is 5.10 Å². The fourth-order valence-corrected chi connectivity index (χ4v) is 3.17. The summed E-state index contributed by atoms with van der Waals surface area (Å²) < 4.78 is 6.50. The van der Waals surface area contributed by atoms with Crippen LogP contribution in [0, 0.1) is 0 Å². The molecule has 1 amide bonds. The van der Waals surface area contributed by atoms with Crippen molar-refractivity contribution in [3.8, 4) is 5.75 Å². The quantitative estimate of drug-likeness (QED) is 0.494. The lowest BCUT2D eigenvalue weighted by Crippen LogP contribution is -2.19. The third-order valence-electron chi connectivity index (χ3n) is 3.59. The molecule has 0 saturated carbocycles. The summed E-state index contributed by atoms with van der Waals surface area (Å²) in [5, 5.41) is 4.53. The van der Waals surface area contributed by atoms with E-state index in [-0.39, 0.29) is 12.3 Å². The van der Waals surface area contributed by atoms with Crippen molar-refractivity contribution in [2.24, 2.45) is 5.10 Å². The van der Waals surface area contributed by atoms with Crippen LogP contribution in [0.1, 0.15) is 24.5 Å². The molecule has 3 aromatic rings. The summed E-state index contributed by atoms with van der Waals surface area (Å²) in [5.41, 5.74) is 10.9. The predicted molar refractivity (Wildman–Crippen MR) is 106 cm³/mol. The minimum atomic E-state index is -0.180. The van der Waals surface area contributed by atoms with Crippen molar-refractivity contribution in [2.75, 3.05) is 12.3 Å². The molecule has 134 valence electrons. The first kappa shape index (κ1) is 17.9. The zero-order valence-corrected chi connectivity index (χ0v) is 15.3. The first-order valence-corrected chi connectivity index (χ1v) is 9.15. The van der Waals surface area contributed by atoms with Gasteiger partial charge in [-0.25, -0.2) is 10.4 Å². The number of hydrogen-bond donors (Lipinski definition) is 2. The fourth-order valence-electron chi connectivity index (χ4n) is 2.37. The Kier molecular flexibility index (Phi) is 5.80. The van der Waals surface area contributed by atoms with Crippen molar-refractivity contribution in [3.63, 3.8) is 0 Å². The van der Waals surface area contributed by atoms with Gasteiger partial charge in [0, 0.05) is 0 Å². The topological polar surface area (TPSA) is 89.6 Å². The largest absolute Gasteiger partial charge is 0.494 e. The average molecular weight is 368 g/mol. The number of benzene rings is 2. The van der Waals surface area contributed by atoms with Gasteiger partial charge in [0.2, 0.25) is 5.91 Å². The Labute approximate surface area is 155 Å². The molecule has 0 bridgehead atoms. The summed E-state index contributed by atoms with van der Waals surface area (Å²) >= 11 is 1.41. The van der Waals surface area contributed by atoms with E-state index in [1.54, 1.807) is 6.21 Å². The number of rotatable bonds is 7. The Morgan fingerprint density at radius 2 is 2.12 bits per heavy atom. The molecule has 0 spiro atoms. The van der Waals surface area contributed by atoms with Crippen LogP contribution in [0.4, 0.5) is 5.13 Å². The molecule has 0 saturated heterocycles. The average Bonchev–Trinajstić information content (AvgIpc) is 3.00. The van der Waals surface area contributed by atoms with Crippen LogP contribution in [0.2, 0.25) is 0 Å². The van der Waals surface area contributed by atoms with Crippen LogP contribution in [0.3, 0.4) is 0 Å². The van der Waals surface area contributed by atoms with Gasteiger partial charge < -0.3 is 10.5 Å². The molecule has 0 unspecified atom stereocenters. The van der Waals surface area contributed by atoms with Gasteiger partial charge >= 0.3 is 0 Å². The number of thiazole rings is 1. The van der Waals surface area contributed by atoms with Crippen LogP contribution in [0.5, 0.6) is 5.75 Å². The van der Waals surface area contributed by atoms with Crippen LogP contribution in [-0.4, -0.2) is 23.7 Å². The van der Waals surface area contributed by atoms with E-state index in [2.05, 4.69) is 22.4 Å². The third kappa shape index (κ3) is 4.80. The van der Waals surface area contributed by atoms with Gasteiger partial charge in [-0.05, 0) is 53.9 Å². The van der Waals surface area contributed by atoms with Gasteiger partial charge in [-0.15, -0.1) is 0 Å². The van der Waals surface area contributed by atoms with Gasteiger partial charge in [-0.1, -0.05) is 24.3 Å². The second-order valence-electron chi connectivity index (χ2n) is 5.74. The molecule has 2 aromatic carbocycles. The fraction of sp³-hybridized carbons (Fsp3) is 0.211. The number of fused-ring (bicyclic) bond motifs is 1. The predicted octanol–water partition coefficient (Wildman–Crippen LogP) is 3.36. The van der Waals surface area contributed by atoms with Crippen molar-refractivity contribution in [3.05, 3.63) is 53.6 Å². The van der Waals surface area contributed by atoms with Crippen LogP contribution in [0.15, 0.2) is 47.6 Å². The number of hydrazone groups is 1. The van der Waals surface area contributed by atoms with Gasteiger partial charge in [0.1, 0.15) is 5.75 Å². The summed E-state index contributed by atoms with van der Waals surface area (Å²) in [6.07, 6.45) is 2.82. The molecule has 1 aromatic heterocycles. The number of nitrogen functional groups attached to an aromatic ring is 1. The molecule has 0 radical (unpaired) electrons. The van der Waals surface area contributed by atoms with Gasteiger partial charge in [-0.3, -0.25) is 4.79 Å². The molecular weight excluding hydrogens is 348 g/mol. The maximum Gasteiger partial charge on any atom is 0.244 e. The van der Waals surface area contributed by atoms with Crippen LogP contribution in [-0.2, 0) is 11.2 Å². The van der Waals surface area contributed by atoms with Crippen LogP contribution >= 0.6 is 11.3 Å². The Hall–Kier alpha value is -2.93. The Balaban J connectivity index is 1.53. The summed E-state index contributed by atoms with van der Waals surface area (Å²) in [7, 11) is 0. The van der Waals surface area contributed by atoms with E-state index in [1.165, 1.54) is 11.3 Å². The van der Waals surface area contributed by atoms with E-state index in [0.717, 1.165) is 33.5 Å². The van der Waals surface area contributed by atoms with E-state index in [9.17, 15) is 4.79 Å². The molecule has 0 aliphatic heterocycles. The SMILES string of the molecule is CCCOc1ccc(/C=N\NC(=O)Cc2ccc3nc(N)sc3c2)cc1. The Morgan fingerprint density at radius 3 is 2.88 bits per heavy atom. The highest BCUT2D eigenvalue weighted by Crippen LogP contribution is 2.24. The van der Waals surface area contributed by atoms with Crippen LogP contribution in [0.25, 0.3) is 10.2 Å². The second kappa shape index (κ2) is 8.44. The number of carbonyl (C=O) groups is 1. The lowest BCUT2D eigenvalue weighted by atomic mass is 10.1. The van der Waals surface area contributed by atoms with Crippen molar-refractivity contribution >= 4 is 38.8 Å². The lowest BCUT2D eigenvalue weighted by Gasteiger charge is -2.04. The second-order valence-corrected chi connectivity index (χ2v) is 6.80. The first-order chi connectivity index (χ1) is 12.6. The Morgan fingerprint density at radius 1 is 1.31 bits per heavy atom. The third-order valence-corrected chi connectivity index (χ3v) is 4.44. The van der Waals surface area contributed by atoms with Crippen molar-refractivity contribution in [1.29, 1.82) is 0 Å². The zero-order chi connectivity index (χ0) is 18.4. The number of aromatic nitrogens is 1. The number of nitrogens with two attached hydrogens (primary N) is 1. The van der Waals surface area contributed by atoms with Crippen molar-refractivity contribution in [1.82, 2.24) is 10.4 Å². The van der Waals surface area contributed by atoms with E-state index in [0.29, 0.717) is 11.7 Å². The minimum Gasteiger partial charge on any atom is -0.494 e. The maximum atomic E-state index is 12.0. The van der Waals surface area contributed by atoms with E-state index < -0.39 is 0 Å². The minimum absolute atomic E-state index is 0.180. The highest BCUT2D eigenvalue weighted by atomic mass is 32.1. The van der Waals surface area contributed by atoms with E-state index >= 15 is 0 Å². The monoisotopic (exact) mass is 368 g/mol. The maximum absolute atomic E-state index is 12.0. The summed E-state index contributed by atoms with van der Waals surface area (Å²) in [6, 6.07) is 13.2. The van der Waals surface area contributed by atoms with Gasteiger partial charge in [0.15, 0.2) is 5.13 Å². The lowest BCUT2D eigenvalue weighted by molar-refractivity contribution is -0.120. The summed E-state index contributed by atoms with van der Waals surface area (Å²) in [6.45, 7) is 2.76. The van der Waals surface area contributed by atoms with Gasteiger partial charge in [0.05, 0.1) is 29.5 Å². The standard InChI is InChI=1S/C19H20N4O2S/c1-2-9-25-15-6-3-13(4-7-15)12-21-23-18(24)11-14-5-8-16-17(10-14)26-19(20)22-16/h3-8,10,12H,2,9,11H2,1H3,(H2,20,22)(H,23,24)/b21-12-. The van der Waals surface area contributed by atoms with Gasteiger partial charge in [0.25, 0.3) is 0 Å².